The average molecular weight is 254 g/mol. The molecule has 9 heteroatoms. The summed E-state index contributed by atoms with van der Waals surface area (Å²) in [5, 5.41) is 5.66. The summed E-state index contributed by atoms with van der Waals surface area (Å²) in [6.45, 7) is -1.40. The Bertz CT molecular complexity index is 276. The quantitative estimate of drug-likeness (QED) is 0.309. The number of ether oxygens (including phenoxy) is 1. The first kappa shape index (κ1) is 15.5. The lowest BCUT2D eigenvalue weighted by Gasteiger charge is -2.07. The average Bonchev–Trinajstić information content (AvgIpc) is 2.21. The Kier molecular flexibility index (Phi) is 7.91. The first-order valence-corrected chi connectivity index (χ1v) is 4.88. The third-order valence-corrected chi connectivity index (χ3v) is 1.57. The summed E-state index contributed by atoms with van der Waals surface area (Å²) in [6.07, 6.45) is -3.23. The fourth-order valence-corrected chi connectivity index (χ4v) is 0.891. The van der Waals surface area contributed by atoms with Crippen LogP contribution < -0.4 is 5.32 Å². The maximum Gasteiger partial charge on any atom is 0.411 e. The first-order chi connectivity index (χ1) is 7.95. The second-order valence-corrected chi connectivity index (χ2v) is 3.12. The molecule has 0 aliphatic rings. The molecule has 0 spiro atoms. The molecule has 1 amide bonds. The van der Waals surface area contributed by atoms with E-state index in [0.29, 0.717) is 25.9 Å². The van der Waals surface area contributed by atoms with Crippen molar-refractivity contribution in [1.29, 1.82) is 0 Å². The van der Waals surface area contributed by atoms with Gasteiger partial charge in [0.25, 0.3) is 0 Å². The molecule has 17 heavy (non-hydrogen) atoms. The van der Waals surface area contributed by atoms with E-state index in [2.05, 4.69) is 20.1 Å². The number of hydrogen-bond donors (Lipinski definition) is 1. The van der Waals surface area contributed by atoms with E-state index in [1.54, 1.807) is 0 Å². The summed E-state index contributed by atoms with van der Waals surface area (Å²) >= 11 is 0. The van der Waals surface area contributed by atoms with E-state index in [0.717, 1.165) is 0 Å². The second kappa shape index (κ2) is 8.66. The molecule has 0 aromatic carbocycles. The lowest BCUT2D eigenvalue weighted by molar-refractivity contribution is -0.175. The van der Waals surface area contributed by atoms with Gasteiger partial charge < -0.3 is 10.1 Å². The Morgan fingerprint density at radius 3 is 2.71 bits per heavy atom. The maximum atomic E-state index is 11.6. The number of halogens is 3. The van der Waals surface area contributed by atoms with Crippen LogP contribution in [0.2, 0.25) is 0 Å². The highest BCUT2D eigenvalue weighted by molar-refractivity contribution is 5.77. The summed E-state index contributed by atoms with van der Waals surface area (Å²) in [4.78, 5) is 13.5. The normalized spacial score (nSPS) is 10.8. The first-order valence-electron chi connectivity index (χ1n) is 4.88. The zero-order valence-corrected chi connectivity index (χ0v) is 9.03. The van der Waals surface area contributed by atoms with Crippen LogP contribution in [0.4, 0.5) is 13.2 Å². The topological polar surface area (TPSA) is 87.1 Å². The molecule has 1 N–H and O–H groups in total. The molecule has 0 atom stereocenters. The van der Waals surface area contributed by atoms with Gasteiger partial charge in [-0.15, -0.1) is 0 Å². The maximum absolute atomic E-state index is 11.6. The van der Waals surface area contributed by atoms with E-state index >= 15 is 0 Å². The van der Waals surface area contributed by atoms with Gasteiger partial charge in [-0.25, -0.2) is 0 Å². The zero-order valence-electron chi connectivity index (χ0n) is 9.03. The minimum absolute atomic E-state index is 0.315. The van der Waals surface area contributed by atoms with E-state index in [4.69, 9.17) is 5.53 Å². The van der Waals surface area contributed by atoms with Crippen LogP contribution in [0.15, 0.2) is 5.11 Å². The van der Waals surface area contributed by atoms with Gasteiger partial charge in [0.2, 0.25) is 5.91 Å². The molecule has 0 aliphatic heterocycles. The van der Waals surface area contributed by atoms with Crippen molar-refractivity contribution < 1.29 is 22.7 Å². The van der Waals surface area contributed by atoms with Gasteiger partial charge in [-0.2, -0.15) is 13.2 Å². The molecule has 0 fully saturated rings. The third-order valence-electron chi connectivity index (χ3n) is 1.57. The standard InChI is InChI=1S/C8H13F3N4O2/c9-8(10,11)6-17-5-7(16)13-3-1-2-4-14-15-12/h1-6H2,(H,13,16). The Morgan fingerprint density at radius 1 is 1.41 bits per heavy atom. The van der Waals surface area contributed by atoms with Gasteiger partial charge in [0.05, 0.1) is 0 Å². The highest BCUT2D eigenvalue weighted by Crippen LogP contribution is 2.13. The van der Waals surface area contributed by atoms with Crippen molar-refractivity contribution in [3.8, 4) is 0 Å². The van der Waals surface area contributed by atoms with Crippen LogP contribution >= 0.6 is 0 Å². The van der Waals surface area contributed by atoms with E-state index in [1.807, 2.05) is 0 Å². The fourth-order valence-electron chi connectivity index (χ4n) is 0.891. The molecule has 0 heterocycles. The van der Waals surface area contributed by atoms with Crippen LogP contribution in [-0.2, 0) is 9.53 Å². The summed E-state index contributed by atoms with van der Waals surface area (Å²) in [5.41, 5.74) is 7.95. The molecule has 6 nitrogen and oxygen atoms in total. The predicted octanol–water partition coefficient (Wildman–Crippen LogP) is 1.77. The Labute approximate surface area is 95.7 Å². The molecular formula is C8H13F3N4O2. The zero-order chi connectivity index (χ0) is 13.1. The van der Waals surface area contributed by atoms with Crippen LogP contribution in [0.5, 0.6) is 0 Å². The van der Waals surface area contributed by atoms with E-state index in [-0.39, 0.29) is 0 Å². The highest BCUT2D eigenvalue weighted by atomic mass is 19.4. The molecule has 0 saturated carbocycles. The summed E-state index contributed by atoms with van der Waals surface area (Å²) < 4.78 is 39.1. The number of amides is 1. The molecule has 0 bridgehead atoms. The van der Waals surface area contributed by atoms with Crippen LogP contribution in [0.1, 0.15) is 12.8 Å². The molecular weight excluding hydrogens is 241 g/mol. The largest absolute Gasteiger partial charge is 0.411 e. The molecule has 98 valence electrons. The van der Waals surface area contributed by atoms with Gasteiger partial charge >= 0.3 is 6.18 Å². The predicted molar refractivity (Wildman–Crippen MR) is 53.1 cm³/mol. The fraction of sp³-hybridized carbons (Fsp3) is 0.875. The minimum Gasteiger partial charge on any atom is -0.362 e. The van der Waals surface area contributed by atoms with Crippen molar-refractivity contribution in [2.45, 2.75) is 19.0 Å². The number of unbranched alkanes of at least 4 members (excludes halogenated alkanes) is 1. The molecule has 0 saturated heterocycles. The molecule has 0 radical (unpaired) electrons. The summed E-state index contributed by atoms with van der Waals surface area (Å²) in [6, 6.07) is 0. The monoisotopic (exact) mass is 254 g/mol. The van der Waals surface area contributed by atoms with Gasteiger partial charge in [-0.3, -0.25) is 4.79 Å². The number of alkyl halides is 3. The highest BCUT2D eigenvalue weighted by Gasteiger charge is 2.27. The van der Waals surface area contributed by atoms with Gasteiger partial charge in [0, 0.05) is 18.0 Å². The van der Waals surface area contributed by atoms with Gasteiger partial charge in [-0.1, -0.05) is 5.11 Å². The third kappa shape index (κ3) is 12.5. The molecule has 0 unspecified atom stereocenters. The van der Waals surface area contributed by atoms with E-state index in [9.17, 15) is 18.0 Å². The molecule has 0 aromatic heterocycles. The van der Waals surface area contributed by atoms with E-state index in [1.165, 1.54) is 0 Å². The SMILES string of the molecule is [N-]=[N+]=NCCCCNC(=O)COCC(F)(F)F. The van der Waals surface area contributed by atoms with Crippen LogP contribution in [0.25, 0.3) is 10.4 Å². The van der Waals surface area contributed by atoms with Crippen molar-refractivity contribution in [3.63, 3.8) is 0 Å². The number of azide groups is 1. The van der Waals surface area contributed by atoms with Gasteiger partial charge in [0.1, 0.15) is 13.2 Å². The molecule has 0 aromatic rings. The van der Waals surface area contributed by atoms with Crippen LogP contribution in [-0.4, -0.2) is 38.4 Å². The molecule has 0 rings (SSSR count). The van der Waals surface area contributed by atoms with Gasteiger partial charge in [0.15, 0.2) is 0 Å². The van der Waals surface area contributed by atoms with Crippen LogP contribution in [0.3, 0.4) is 0 Å². The summed E-state index contributed by atoms with van der Waals surface area (Å²) in [7, 11) is 0. The number of rotatable bonds is 8. The Balaban J connectivity index is 3.38. The number of hydrogen-bond acceptors (Lipinski definition) is 3. The lowest BCUT2D eigenvalue weighted by Crippen LogP contribution is -2.30. The van der Waals surface area contributed by atoms with E-state index < -0.39 is 25.3 Å². The van der Waals surface area contributed by atoms with Crippen LogP contribution in [0, 0.1) is 0 Å². The van der Waals surface area contributed by atoms with Crippen molar-refractivity contribution in [3.05, 3.63) is 10.4 Å². The number of carbonyl (C=O) groups excluding carboxylic acids is 1. The minimum atomic E-state index is -4.42. The second-order valence-electron chi connectivity index (χ2n) is 3.12. The molecule has 0 aliphatic carbocycles. The Hall–Kier alpha value is -1.47. The van der Waals surface area contributed by atoms with Gasteiger partial charge in [-0.05, 0) is 18.4 Å². The number of nitrogens with zero attached hydrogens (tertiary/aromatic N) is 3. The number of carbonyl (C=O) groups is 1. The van der Waals surface area contributed by atoms with Crippen molar-refractivity contribution in [2.75, 3.05) is 26.3 Å². The summed E-state index contributed by atoms with van der Waals surface area (Å²) in [5.74, 6) is -0.599. The number of nitrogens with one attached hydrogen (secondary N) is 1. The van der Waals surface area contributed by atoms with Crippen molar-refractivity contribution in [2.24, 2.45) is 5.11 Å². The Morgan fingerprint density at radius 2 is 2.12 bits per heavy atom. The lowest BCUT2D eigenvalue weighted by atomic mass is 10.3. The smallest absolute Gasteiger partial charge is 0.362 e. The van der Waals surface area contributed by atoms with Crippen molar-refractivity contribution >= 4 is 5.91 Å². The van der Waals surface area contributed by atoms with Crippen molar-refractivity contribution in [1.82, 2.24) is 5.32 Å².